The average molecular weight is 339 g/mol. The zero-order valence-corrected chi connectivity index (χ0v) is 12.9. The molecular weight excluding hydrogens is 324 g/mol. The van der Waals surface area contributed by atoms with Gasteiger partial charge in [-0.3, -0.25) is 10.1 Å². The zero-order valence-electron chi connectivity index (χ0n) is 11.3. The number of nitro benzene ring substituents is 1. The second-order valence-electron chi connectivity index (χ2n) is 4.81. The third-order valence-corrected chi connectivity index (χ3v) is 4.56. The van der Waals surface area contributed by atoms with Gasteiger partial charge < -0.3 is 10.2 Å². The van der Waals surface area contributed by atoms with Crippen molar-refractivity contribution in [2.24, 2.45) is 0 Å². The van der Waals surface area contributed by atoms with Crippen molar-refractivity contribution in [2.45, 2.75) is 24.3 Å². The van der Waals surface area contributed by atoms with E-state index >= 15 is 0 Å². The van der Waals surface area contributed by atoms with Gasteiger partial charge in [0.1, 0.15) is 5.02 Å². The van der Waals surface area contributed by atoms with E-state index in [0.29, 0.717) is 0 Å². The molecule has 0 spiro atoms. The van der Waals surface area contributed by atoms with Crippen molar-refractivity contribution in [3.63, 3.8) is 0 Å². The van der Waals surface area contributed by atoms with E-state index in [4.69, 9.17) is 16.7 Å². The van der Waals surface area contributed by atoms with Crippen molar-refractivity contribution in [2.75, 3.05) is 13.2 Å². The lowest BCUT2D eigenvalue weighted by molar-refractivity contribution is -0.384. The van der Waals surface area contributed by atoms with Gasteiger partial charge in [0.05, 0.1) is 22.0 Å². The Balaban J connectivity index is 3.20. The summed E-state index contributed by atoms with van der Waals surface area (Å²) in [4.78, 5) is 9.71. The molecular formula is C11H15ClN2O6S. The molecule has 1 aromatic rings. The molecule has 0 aliphatic rings. The fourth-order valence-corrected chi connectivity index (χ4v) is 3.15. The second-order valence-corrected chi connectivity index (χ2v) is 6.95. The predicted octanol–water partition coefficient (Wildman–Crippen LogP) is 0.578. The van der Waals surface area contributed by atoms with Gasteiger partial charge in [-0.15, -0.1) is 0 Å². The van der Waals surface area contributed by atoms with E-state index in [-0.39, 0.29) is 15.5 Å². The molecule has 1 rings (SSSR count). The molecule has 10 heteroatoms. The van der Waals surface area contributed by atoms with E-state index in [1.54, 1.807) is 0 Å². The van der Waals surface area contributed by atoms with Gasteiger partial charge in [0.15, 0.2) is 0 Å². The molecule has 118 valence electrons. The van der Waals surface area contributed by atoms with Gasteiger partial charge in [-0.25, -0.2) is 13.1 Å². The second kappa shape index (κ2) is 6.24. The standard InChI is InChI=1S/C11H15ClN2O6S/c1-7-3-8(12)9(14(17)18)4-10(7)21(19,20)13-5-11(2,16)6-15/h3-4,13,15-16H,5-6H2,1-2H3. The Morgan fingerprint density at radius 2 is 2.05 bits per heavy atom. The molecule has 0 aliphatic carbocycles. The van der Waals surface area contributed by atoms with Crippen LogP contribution in [0.2, 0.25) is 5.02 Å². The predicted molar refractivity (Wildman–Crippen MR) is 75.7 cm³/mol. The van der Waals surface area contributed by atoms with Crippen LogP contribution >= 0.6 is 11.6 Å². The van der Waals surface area contributed by atoms with Crippen LogP contribution in [0.5, 0.6) is 0 Å². The first kappa shape index (κ1) is 17.8. The SMILES string of the molecule is Cc1cc(Cl)c([N+](=O)[O-])cc1S(=O)(=O)NCC(C)(O)CO. The van der Waals surface area contributed by atoms with Gasteiger partial charge in [-0.1, -0.05) is 11.6 Å². The molecule has 1 atom stereocenters. The highest BCUT2D eigenvalue weighted by Gasteiger charge is 2.27. The number of sulfonamides is 1. The summed E-state index contributed by atoms with van der Waals surface area (Å²) >= 11 is 5.69. The first-order chi connectivity index (χ1) is 9.50. The smallest absolute Gasteiger partial charge is 0.289 e. The van der Waals surface area contributed by atoms with Crippen LogP contribution in [-0.2, 0) is 10.0 Å². The van der Waals surface area contributed by atoms with E-state index in [1.165, 1.54) is 19.9 Å². The third-order valence-electron chi connectivity index (χ3n) is 2.71. The summed E-state index contributed by atoms with van der Waals surface area (Å²) < 4.78 is 26.4. The summed E-state index contributed by atoms with van der Waals surface area (Å²) in [6.07, 6.45) is 0. The maximum atomic E-state index is 12.1. The molecule has 21 heavy (non-hydrogen) atoms. The number of rotatable bonds is 6. The molecule has 0 saturated carbocycles. The van der Waals surface area contributed by atoms with Crippen molar-refractivity contribution >= 4 is 27.3 Å². The summed E-state index contributed by atoms with van der Waals surface area (Å²) in [6.45, 7) is 1.60. The molecule has 0 aliphatic heterocycles. The zero-order chi connectivity index (χ0) is 16.4. The topological polar surface area (TPSA) is 130 Å². The lowest BCUT2D eigenvalue weighted by Crippen LogP contribution is -2.43. The van der Waals surface area contributed by atoms with E-state index in [2.05, 4.69) is 4.72 Å². The summed E-state index contributed by atoms with van der Waals surface area (Å²) in [5.74, 6) is 0. The summed E-state index contributed by atoms with van der Waals surface area (Å²) in [6, 6.07) is 2.03. The van der Waals surface area contributed by atoms with Crippen molar-refractivity contribution in [1.82, 2.24) is 4.72 Å². The van der Waals surface area contributed by atoms with Gasteiger partial charge in [0.2, 0.25) is 10.0 Å². The fourth-order valence-electron chi connectivity index (χ4n) is 1.46. The van der Waals surface area contributed by atoms with Gasteiger partial charge in [-0.05, 0) is 25.5 Å². The molecule has 0 saturated heterocycles. The van der Waals surface area contributed by atoms with Crippen LogP contribution in [0.25, 0.3) is 0 Å². The Labute approximate surface area is 126 Å². The number of aliphatic hydroxyl groups is 2. The number of halogens is 1. The van der Waals surface area contributed by atoms with E-state index in [1.807, 2.05) is 0 Å². The molecule has 0 amide bonds. The number of aryl methyl sites for hydroxylation is 1. The normalized spacial score (nSPS) is 14.7. The minimum Gasteiger partial charge on any atom is -0.393 e. The molecule has 1 aromatic carbocycles. The molecule has 0 aromatic heterocycles. The first-order valence-electron chi connectivity index (χ1n) is 5.77. The number of nitrogens with zero attached hydrogens (tertiary/aromatic N) is 1. The number of nitrogens with one attached hydrogen (secondary N) is 1. The van der Waals surface area contributed by atoms with Crippen LogP contribution in [0.15, 0.2) is 17.0 Å². The average Bonchev–Trinajstić information content (AvgIpc) is 2.36. The Morgan fingerprint density at radius 3 is 2.52 bits per heavy atom. The molecule has 0 heterocycles. The lowest BCUT2D eigenvalue weighted by Gasteiger charge is -2.21. The third kappa shape index (κ3) is 4.35. The molecule has 1 unspecified atom stereocenters. The number of hydrogen-bond donors (Lipinski definition) is 3. The highest BCUT2D eigenvalue weighted by molar-refractivity contribution is 7.89. The quantitative estimate of drug-likeness (QED) is 0.513. The molecule has 8 nitrogen and oxygen atoms in total. The van der Waals surface area contributed by atoms with Gasteiger partial charge in [0, 0.05) is 12.6 Å². The van der Waals surface area contributed by atoms with Gasteiger partial charge in [-0.2, -0.15) is 0 Å². The van der Waals surface area contributed by atoms with Crippen LogP contribution in [0.1, 0.15) is 12.5 Å². The monoisotopic (exact) mass is 338 g/mol. The number of benzene rings is 1. The summed E-state index contributed by atoms with van der Waals surface area (Å²) in [5.41, 5.74) is -1.95. The van der Waals surface area contributed by atoms with Gasteiger partial charge in [0.25, 0.3) is 5.69 Å². The largest absolute Gasteiger partial charge is 0.393 e. The van der Waals surface area contributed by atoms with E-state index < -0.39 is 39.4 Å². The first-order valence-corrected chi connectivity index (χ1v) is 7.64. The number of hydrogen-bond acceptors (Lipinski definition) is 6. The Hall–Kier alpha value is -1.26. The minimum atomic E-state index is -4.09. The van der Waals surface area contributed by atoms with Crippen molar-refractivity contribution in [1.29, 1.82) is 0 Å². The Morgan fingerprint density at radius 1 is 1.48 bits per heavy atom. The highest BCUT2D eigenvalue weighted by Crippen LogP contribution is 2.30. The van der Waals surface area contributed by atoms with Crippen molar-refractivity contribution in [3.8, 4) is 0 Å². The maximum absolute atomic E-state index is 12.1. The maximum Gasteiger partial charge on any atom is 0.289 e. The van der Waals surface area contributed by atoms with E-state index in [0.717, 1.165) is 6.07 Å². The Bertz CT molecular complexity index is 659. The highest BCUT2D eigenvalue weighted by atomic mass is 35.5. The molecule has 0 bridgehead atoms. The van der Waals surface area contributed by atoms with Crippen LogP contribution < -0.4 is 4.72 Å². The van der Waals surface area contributed by atoms with Crippen molar-refractivity contribution in [3.05, 3.63) is 32.8 Å². The van der Waals surface area contributed by atoms with Crippen LogP contribution in [-0.4, -0.2) is 42.3 Å². The molecule has 3 N–H and O–H groups in total. The molecule has 0 fully saturated rings. The van der Waals surface area contributed by atoms with Crippen molar-refractivity contribution < 1.29 is 23.6 Å². The number of nitro groups is 1. The van der Waals surface area contributed by atoms with Crippen LogP contribution in [0, 0.1) is 17.0 Å². The summed E-state index contributed by atoms with van der Waals surface area (Å²) in [7, 11) is -4.09. The van der Waals surface area contributed by atoms with Crippen LogP contribution in [0.4, 0.5) is 5.69 Å². The Kier molecular flexibility index (Phi) is 5.29. The fraction of sp³-hybridized carbons (Fsp3) is 0.455. The van der Waals surface area contributed by atoms with Crippen LogP contribution in [0.3, 0.4) is 0 Å². The minimum absolute atomic E-state index is 0.168. The van der Waals surface area contributed by atoms with Gasteiger partial charge >= 0.3 is 0 Å². The van der Waals surface area contributed by atoms with E-state index in [9.17, 15) is 23.6 Å². The molecule has 0 radical (unpaired) electrons. The lowest BCUT2D eigenvalue weighted by atomic mass is 10.1. The summed E-state index contributed by atoms with van der Waals surface area (Å²) in [5, 5.41) is 29.1. The number of aliphatic hydroxyl groups excluding tert-OH is 1.